The number of nitrogens with one attached hydrogen (secondary N) is 1. The molecule has 0 amide bonds. The van der Waals surface area contributed by atoms with Crippen LogP contribution in [0.4, 0.5) is 11.4 Å². The van der Waals surface area contributed by atoms with E-state index in [0.29, 0.717) is 27.0 Å². The summed E-state index contributed by atoms with van der Waals surface area (Å²) in [7, 11) is 0. The molecule has 5 nitrogen and oxygen atoms in total. The third kappa shape index (κ3) is 5.00. The first kappa shape index (κ1) is 19.8. The average Bonchev–Trinajstić information content (AvgIpc) is 2.59. The number of carbonyl (C=O) groups excluding carboxylic acids is 1. The number of aliphatic carboxylic acids is 1. The summed E-state index contributed by atoms with van der Waals surface area (Å²) >= 11 is 12.3. The number of anilines is 2. The molecular formula is C19H17Cl2NO4. The van der Waals surface area contributed by atoms with Crippen LogP contribution in [0.5, 0.6) is 0 Å². The Labute approximate surface area is 161 Å². The quantitative estimate of drug-likeness (QED) is 0.509. The summed E-state index contributed by atoms with van der Waals surface area (Å²) in [5.74, 6) is -2.76. The van der Waals surface area contributed by atoms with Crippen molar-refractivity contribution in [1.29, 1.82) is 0 Å². The van der Waals surface area contributed by atoms with E-state index >= 15 is 0 Å². The minimum Gasteiger partial charge on any atom is -0.481 e. The summed E-state index contributed by atoms with van der Waals surface area (Å²) in [4.78, 5) is 23.2. The Morgan fingerprint density at radius 3 is 2.42 bits per heavy atom. The van der Waals surface area contributed by atoms with E-state index in [1.807, 2.05) is 0 Å². The van der Waals surface area contributed by atoms with Gasteiger partial charge in [-0.25, -0.2) is 4.79 Å². The zero-order chi connectivity index (χ0) is 19.1. The van der Waals surface area contributed by atoms with Gasteiger partial charge in [0.1, 0.15) is 12.5 Å². The smallest absolute Gasteiger partial charge is 0.330 e. The number of ether oxygens (including phenoxy) is 1. The Balaban J connectivity index is 2.33. The molecule has 0 aromatic heterocycles. The highest BCUT2D eigenvalue weighted by Gasteiger charge is 2.24. The van der Waals surface area contributed by atoms with Gasteiger partial charge in [0.05, 0.1) is 15.7 Å². The van der Waals surface area contributed by atoms with Crippen LogP contribution in [-0.4, -0.2) is 23.7 Å². The van der Waals surface area contributed by atoms with Gasteiger partial charge in [-0.05, 0) is 30.7 Å². The first-order chi connectivity index (χ1) is 12.4. The summed E-state index contributed by atoms with van der Waals surface area (Å²) in [6.45, 7) is 1.37. The highest BCUT2D eigenvalue weighted by atomic mass is 35.5. The van der Waals surface area contributed by atoms with Crippen molar-refractivity contribution in [2.75, 3.05) is 11.9 Å². The van der Waals surface area contributed by atoms with Crippen LogP contribution in [0.15, 0.2) is 54.6 Å². The first-order valence-corrected chi connectivity index (χ1v) is 8.51. The van der Waals surface area contributed by atoms with Crippen molar-refractivity contribution in [2.24, 2.45) is 0 Å². The molecule has 2 aromatic rings. The van der Waals surface area contributed by atoms with E-state index in [2.05, 4.69) is 5.32 Å². The Kier molecular flexibility index (Phi) is 7.06. The maximum Gasteiger partial charge on any atom is 0.330 e. The molecule has 26 heavy (non-hydrogen) atoms. The molecule has 2 N–H and O–H groups in total. The molecule has 0 bridgehead atoms. The van der Waals surface area contributed by atoms with E-state index in [1.54, 1.807) is 49.4 Å². The highest BCUT2D eigenvalue weighted by Crippen LogP contribution is 2.35. The molecular weight excluding hydrogens is 377 g/mol. The normalized spacial score (nSPS) is 12.0. The number of benzene rings is 2. The van der Waals surface area contributed by atoms with Gasteiger partial charge in [0.25, 0.3) is 0 Å². The molecule has 1 unspecified atom stereocenters. The van der Waals surface area contributed by atoms with E-state index in [9.17, 15) is 14.7 Å². The van der Waals surface area contributed by atoms with Gasteiger partial charge in [0.2, 0.25) is 0 Å². The molecule has 0 spiro atoms. The highest BCUT2D eigenvalue weighted by molar-refractivity contribution is 6.39. The van der Waals surface area contributed by atoms with Crippen molar-refractivity contribution < 1.29 is 19.4 Å². The van der Waals surface area contributed by atoms with E-state index in [0.717, 1.165) is 0 Å². The molecule has 7 heteroatoms. The third-order valence-electron chi connectivity index (χ3n) is 3.55. The Bertz CT molecular complexity index is 816. The van der Waals surface area contributed by atoms with E-state index < -0.39 is 17.9 Å². The average molecular weight is 394 g/mol. The molecule has 2 aromatic carbocycles. The SMILES string of the molecule is CC=CC(=O)OCC(C(=O)O)c1ccccc1Nc1c(Cl)cccc1Cl. The van der Waals surface area contributed by atoms with E-state index in [1.165, 1.54) is 12.2 Å². The van der Waals surface area contributed by atoms with Crippen LogP contribution in [0.3, 0.4) is 0 Å². The van der Waals surface area contributed by atoms with Crippen LogP contribution < -0.4 is 5.32 Å². The fraction of sp³-hybridized carbons (Fsp3) is 0.158. The van der Waals surface area contributed by atoms with Crippen molar-refractivity contribution in [3.05, 3.63) is 70.2 Å². The lowest BCUT2D eigenvalue weighted by molar-refractivity contribution is -0.144. The maximum atomic E-state index is 11.7. The minimum absolute atomic E-state index is 0.298. The van der Waals surface area contributed by atoms with E-state index in [-0.39, 0.29) is 6.61 Å². The number of esters is 1. The Morgan fingerprint density at radius 1 is 1.15 bits per heavy atom. The number of carboxylic acid groups (broad SMARTS) is 1. The molecule has 0 radical (unpaired) electrons. The first-order valence-electron chi connectivity index (χ1n) is 7.76. The number of rotatable bonds is 7. The van der Waals surface area contributed by atoms with Crippen LogP contribution in [-0.2, 0) is 14.3 Å². The van der Waals surface area contributed by atoms with Crippen LogP contribution in [0.2, 0.25) is 10.0 Å². The lowest BCUT2D eigenvalue weighted by Gasteiger charge is -2.19. The van der Waals surface area contributed by atoms with Crippen LogP contribution in [0.1, 0.15) is 18.4 Å². The van der Waals surface area contributed by atoms with Crippen molar-refractivity contribution in [3.63, 3.8) is 0 Å². The van der Waals surface area contributed by atoms with E-state index in [4.69, 9.17) is 27.9 Å². The van der Waals surface area contributed by atoms with Crippen LogP contribution in [0, 0.1) is 0 Å². The van der Waals surface area contributed by atoms with Crippen molar-refractivity contribution >= 4 is 46.5 Å². The summed E-state index contributed by atoms with van der Waals surface area (Å²) in [6.07, 6.45) is 2.75. The van der Waals surface area contributed by atoms with Crippen molar-refractivity contribution in [2.45, 2.75) is 12.8 Å². The number of allylic oxidation sites excluding steroid dienone is 1. The monoisotopic (exact) mass is 393 g/mol. The summed E-state index contributed by atoms with van der Waals surface area (Å²) in [6, 6.07) is 11.9. The third-order valence-corrected chi connectivity index (χ3v) is 4.18. The second kappa shape index (κ2) is 9.27. The molecule has 0 saturated carbocycles. The minimum atomic E-state index is -1.11. The fourth-order valence-corrected chi connectivity index (χ4v) is 2.80. The molecule has 0 aliphatic rings. The fourth-order valence-electron chi connectivity index (χ4n) is 2.31. The number of carbonyl (C=O) groups is 2. The van der Waals surface area contributed by atoms with Crippen LogP contribution in [0.25, 0.3) is 0 Å². The summed E-state index contributed by atoms with van der Waals surface area (Å²) in [5, 5.41) is 13.5. The zero-order valence-corrected chi connectivity index (χ0v) is 15.4. The van der Waals surface area contributed by atoms with Gasteiger partial charge in [-0.1, -0.05) is 53.5 Å². The predicted octanol–water partition coefficient (Wildman–Crippen LogP) is 5.02. The van der Waals surface area contributed by atoms with Gasteiger partial charge in [-0.15, -0.1) is 0 Å². The summed E-state index contributed by atoms with van der Waals surface area (Å²) < 4.78 is 5.03. The molecule has 2 rings (SSSR count). The molecule has 1 atom stereocenters. The van der Waals surface area contributed by atoms with Gasteiger partial charge in [0, 0.05) is 11.8 Å². The summed E-state index contributed by atoms with van der Waals surface area (Å²) in [5.41, 5.74) is 1.43. The predicted molar refractivity (Wildman–Crippen MR) is 102 cm³/mol. The standard InChI is InChI=1S/C19H17Cl2NO4/c1-2-6-17(23)26-11-13(19(24)25)12-7-3-4-10-16(12)22-18-14(20)8-5-9-15(18)21/h2-10,13,22H,11H2,1H3,(H,24,25). The molecule has 0 heterocycles. The van der Waals surface area contributed by atoms with Gasteiger partial charge < -0.3 is 15.2 Å². The number of carboxylic acids is 1. The second-order valence-corrected chi connectivity index (χ2v) is 6.14. The number of hydrogen-bond donors (Lipinski definition) is 2. The number of halogens is 2. The maximum absolute atomic E-state index is 11.7. The lowest BCUT2D eigenvalue weighted by Crippen LogP contribution is -2.20. The van der Waals surface area contributed by atoms with Gasteiger partial charge in [-0.3, -0.25) is 4.79 Å². The van der Waals surface area contributed by atoms with Gasteiger partial charge in [-0.2, -0.15) is 0 Å². The largest absolute Gasteiger partial charge is 0.481 e. The van der Waals surface area contributed by atoms with Gasteiger partial charge >= 0.3 is 11.9 Å². The number of hydrogen-bond acceptors (Lipinski definition) is 4. The van der Waals surface area contributed by atoms with Gasteiger partial charge in [0.15, 0.2) is 0 Å². The second-order valence-electron chi connectivity index (χ2n) is 5.33. The lowest BCUT2D eigenvalue weighted by atomic mass is 9.98. The van der Waals surface area contributed by atoms with Crippen molar-refractivity contribution in [1.82, 2.24) is 0 Å². The van der Waals surface area contributed by atoms with Crippen LogP contribution >= 0.6 is 23.2 Å². The molecule has 0 aliphatic carbocycles. The number of para-hydroxylation sites is 2. The van der Waals surface area contributed by atoms with Crippen molar-refractivity contribution in [3.8, 4) is 0 Å². The zero-order valence-electron chi connectivity index (χ0n) is 13.9. The molecule has 0 saturated heterocycles. The Hall–Kier alpha value is -2.50. The topological polar surface area (TPSA) is 75.6 Å². The Morgan fingerprint density at radius 2 is 1.81 bits per heavy atom. The molecule has 0 aliphatic heterocycles. The molecule has 136 valence electrons. The molecule has 0 fully saturated rings.